The molecule has 5 aromatic heterocycles. The maximum absolute atomic E-state index is 14.3. The first-order chi connectivity index (χ1) is 20.1. The summed E-state index contributed by atoms with van der Waals surface area (Å²) >= 11 is 0. The molecule has 0 amide bonds. The van der Waals surface area contributed by atoms with Gasteiger partial charge in [0.2, 0.25) is 0 Å². The highest BCUT2D eigenvalue weighted by atomic mass is 19.1. The van der Waals surface area contributed by atoms with Crippen molar-refractivity contribution in [2.75, 3.05) is 7.11 Å². The highest BCUT2D eigenvalue weighted by Gasteiger charge is 2.18. The summed E-state index contributed by atoms with van der Waals surface area (Å²) in [5, 5.41) is 7.53. The number of pyridine rings is 3. The molecule has 0 fully saturated rings. The van der Waals surface area contributed by atoms with E-state index in [2.05, 4.69) is 25.1 Å². The second-order valence-corrected chi connectivity index (χ2v) is 9.37. The minimum Gasteiger partial charge on any atom is -0.497 e. The minimum atomic E-state index is -0.423. The minimum absolute atomic E-state index is 0.397. The summed E-state index contributed by atoms with van der Waals surface area (Å²) in [4.78, 5) is 21.8. The molecule has 0 atom stereocenters. The van der Waals surface area contributed by atoms with Crippen LogP contribution in [0.25, 0.3) is 56.1 Å². The van der Waals surface area contributed by atoms with Gasteiger partial charge in [0.1, 0.15) is 35.0 Å². The highest BCUT2D eigenvalue weighted by molar-refractivity contribution is 5.95. The molecule has 0 unspecified atom stereocenters. The predicted octanol–water partition coefficient (Wildman–Crippen LogP) is 6.35. The summed E-state index contributed by atoms with van der Waals surface area (Å²) in [7, 11) is 1.49. The number of hydrogen-bond donors (Lipinski definition) is 2. The van der Waals surface area contributed by atoms with Gasteiger partial charge in [0.25, 0.3) is 0 Å². The Morgan fingerprint density at radius 3 is 2.54 bits per heavy atom. The summed E-state index contributed by atoms with van der Waals surface area (Å²) in [6.45, 7) is 0.440. The molecule has 0 aliphatic heterocycles. The van der Waals surface area contributed by atoms with Gasteiger partial charge in [0.15, 0.2) is 11.5 Å². The average Bonchev–Trinajstić information content (AvgIpc) is 3.64. The molecular formula is C31H22FN7O2. The zero-order valence-corrected chi connectivity index (χ0v) is 21.8. The fraction of sp³-hybridized carbons (Fsp3) is 0.0645. The number of benzene rings is 2. The van der Waals surface area contributed by atoms with E-state index in [1.807, 2.05) is 54.6 Å². The zero-order valence-electron chi connectivity index (χ0n) is 21.8. The third-order valence-corrected chi connectivity index (χ3v) is 6.67. The lowest BCUT2D eigenvalue weighted by Gasteiger charge is -2.08. The molecule has 0 saturated carbocycles. The topological polar surface area (TPSA) is 114 Å². The van der Waals surface area contributed by atoms with E-state index in [9.17, 15) is 4.39 Å². The van der Waals surface area contributed by atoms with Crippen LogP contribution in [-0.4, -0.2) is 42.2 Å². The van der Waals surface area contributed by atoms with Crippen molar-refractivity contribution in [3.63, 3.8) is 0 Å². The SMILES string of the molecule is COc1cc(F)cc(-c2nccc3[nH]c(-c4n[nH]c5ccc(-c6cncc(OCc7ccccc7)c6)nc45)nc23)c1. The van der Waals surface area contributed by atoms with Gasteiger partial charge in [0, 0.05) is 29.6 Å². The predicted molar refractivity (Wildman–Crippen MR) is 153 cm³/mol. The number of nitrogens with zero attached hydrogens (tertiary/aromatic N) is 5. The van der Waals surface area contributed by atoms with E-state index >= 15 is 0 Å². The fourth-order valence-electron chi connectivity index (χ4n) is 4.68. The van der Waals surface area contributed by atoms with Crippen LogP contribution in [0.1, 0.15) is 5.56 Å². The number of aromatic amines is 2. The number of H-pyrrole nitrogens is 2. The van der Waals surface area contributed by atoms with Crippen LogP contribution >= 0.6 is 0 Å². The summed E-state index contributed by atoms with van der Waals surface area (Å²) in [6.07, 6.45) is 5.08. The van der Waals surface area contributed by atoms with Crippen LogP contribution in [0.15, 0.2) is 91.4 Å². The molecule has 2 N–H and O–H groups in total. The summed E-state index contributed by atoms with van der Waals surface area (Å²) < 4.78 is 25.5. The smallest absolute Gasteiger partial charge is 0.161 e. The number of rotatable bonds is 7. The molecule has 200 valence electrons. The van der Waals surface area contributed by atoms with Crippen molar-refractivity contribution in [3.05, 3.63) is 103 Å². The van der Waals surface area contributed by atoms with Crippen molar-refractivity contribution in [2.45, 2.75) is 6.61 Å². The Morgan fingerprint density at radius 1 is 0.805 bits per heavy atom. The van der Waals surface area contributed by atoms with E-state index in [0.29, 0.717) is 57.6 Å². The summed E-state index contributed by atoms with van der Waals surface area (Å²) in [5.41, 5.74) is 6.91. The molecule has 0 saturated heterocycles. The monoisotopic (exact) mass is 543 g/mol. The number of ether oxygens (including phenoxy) is 2. The molecule has 2 aromatic carbocycles. The van der Waals surface area contributed by atoms with Crippen LogP contribution in [0.3, 0.4) is 0 Å². The number of hydrogen-bond acceptors (Lipinski definition) is 7. The van der Waals surface area contributed by atoms with Gasteiger partial charge in [-0.2, -0.15) is 5.10 Å². The number of fused-ring (bicyclic) bond motifs is 2. The Labute approximate surface area is 233 Å². The quantitative estimate of drug-likeness (QED) is 0.241. The maximum Gasteiger partial charge on any atom is 0.161 e. The van der Waals surface area contributed by atoms with Crippen molar-refractivity contribution < 1.29 is 13.9 Å². The van der Waals surface area contributed by atoms with E-state index in [4.69, 9.17) is 19.4 Å². The van der Waals surface area contributed by atoms with Gasteiger partial charge >= 0.3 is 0 Å². The van der Waals surface area contributed by atoms with E-state index in [0.717, 1.165) is 22.2 Å². The number of imidazole rings is 1. The molecule has 0 aliphatic carbocycles. The molecule has 7 rings (SSSR count). The van der Waals surface area contributed by atoms with E-state index in [1.165, 1.54) is 19.2 Å². The molecular weight excluding hydrogens is 521 g/mol. The molecule has 0 bridgehead atoms. The van der Waals surface area contributed by atoms with Crippen molar-refractivity contribution in [3.8, 4) is 45.5 Å². The molecule has 5 heterocycles. The van der Waals surface area contributed by atoms with Crippen molar-refractivity contribution in [1.29, 1.82) is 0 Å². The third kappa shape index (κ3) is 4.71. The van der Waals surface area contributed by atoms with Gasteiger partial charge in [-0.1, -0.05) is 30.3 Å². The van der Waals surface area contributed by atoms with Crippen LogP contribution in [0.5, 0.6) is 11.5 Å². The summed E-state index contributed by atoms with van der Waals surface area (Å²) in [6, 6.07) is 22.0. The normalized spacial score (nSPS) is 11.3. The van der Waals surface area contributed by atoms with Crippen molar-refractivity contribution in [2.24, 2.45) is 0 Å². The second-order valence-electron chi connectivity index (χ2n) is 9.37. The third-order valence-electron chi connectivity index (χ3n) is 6.67. The van der Waals surface area contributed by atoms with Crippen LogP contribution in [0.2, 0.25) is 0 Å². The van der Waals surface area contributed by atoms with Crippen LogP contribution < -0.4 is 9.47 Å². The Kier molecular flexibility index (Phi) is 6.05. The van der Waals surface area contributed by atoms with Gasteiger partial charge in [-0.05, 0) is 42.0 Å². The van der Waals surface area contributed by atoms with Crippen LogP contribution in [0.4, 0.5) is 4.39 Å². The van der Waals surface area contributed by atoms with Crippen molar-refractivity contribution in [1.82, 2.24) is 35.1 Å². The molecule has 0 aliphatic rings. The highest BCUT2D eigenvalue weighted by Crippen LogP contribution is 2.32. The molecule has 0 spiro atoms. The number of halogens is 1. The Balaban J connectivity index is 1.24. The maximum atomic E-state index is 14.3. The first-order valence-corrected chi connectivity index (χ1v) is 12.8. The lowest BCUT2D eigenvalue weighted by atomic mass is 10.1. The van der Waals surface area contributed by atoms with Crippen LogP contribution in [0, 0.1) is 5.82 Å². The van der Waals surface area contributed by atoms with Gasteiger partial charge in [-0.3, -0.25) is 15.1 Å². The Morgan fingerprint density at radius 2 is 1.66 bits per heavy atom. The van der Waals surface area contributed by atoms with E-state index < -0.39 is 5.82 Å². The Bertz CT molecular complexity index is 2020. The molecule has 0 radical (unpaired) electrons. The fourth-order valence-corrected chi connectivity index (χ4v) is 4.68. The molecule has 10 heteroatoms. The van der Waals surface area contributed by atoms with Gasteiger partial charge < -0.3 is 14.5 Å². The first-order valence-electron chi connectivity index (χ1n) is 12.8. The largest absolute Gasteiger partial charge is 0.497 e. The van der Waals surface area contributed by atoms with Crippen molar-refractivity contribution >= 4 is 22.1 Å². The standard InChI is InChI=1S/C31H22FN7O2/c1-40-22-12-19(11-21(32)14-22)27-28-25(9-10-34-27)36-31(37-28)30-29-26(38-39-30)8-7-24(35-29)20-13-23(16-33-15-20)41-17-18-5-3-2-4-6-18/h2-16H,17H2,1H3,(H,36,37)(H,38,39). The molecule has 41 heavy (non-hydrogen) atoms. The zero-order chi connectivity index (χ0) is 27.8. The van der Waals surface area contributed by atoms with Gasteiger partial charge in [0.05, 0.1) is 35.7 Å². The molecule has 7 aromatic rings. The number of nitrogens with one attached hydrogen (secondary N) is 2. The average molecular weight is 544 g/mol. The van der Waals surface area contributed by atoms with E-state index in [-0.39, 0.29) is 0 Å². The van der Waals surface area contributed by atoms with Crippen LogP contribution in [-0.2, 0) is 6.61 Å². The first kappa shape index (κ1) is 24.4. The Hall–Kier alpha value is -5.64. The second kappa shape index (κ2) is 10.2. The lowest BCUT2D eigenvalue weighted by Crippen LogP contribution is -1.96. The number of aromatic nitrogens is 7. The van der Waals surface area contributed by atoms with Gasteiger partial charge in [-0.25, -0.2) is 14.4 Å². The van der Waals surface area contributed by atoms with E-state index in [1.54, 1.807) is 24.7 Å². The summed E-state index contributed by atoms with van der Waals surface area (Å²) in [5.74, 6) is 1.13. The lowest BCUT2D eigenvalue weighted by molar-refractivity contribution is 0.305. The van der Waals surface area contributed by atoms with Gasteiger partial charge in [-0.15, -0.1) is 0 Å². The number of methoxy groups -OCH3 is 1. The molecule has 9 nitrogen and oxygen atoms in total.